The predicted octanol–water partition coefficient (Wildman–Crippen LogP) is 15.2. The van der Waals surface area contributed by atoms with Gasteiger partial charge in [0.05, 0.1) is 0 Å². The monoisotopic (exact) mass is 724 g/mol. The maximum Gasteiger partial charge on any atom is 0.129 e. The van der Waals surface area contributed by atoms with Crippen molar-refractivity contribution < 1.29 is 10.2 Å². The lowest BCUT2D eigenvalue weighted by molar-refractivity contribution is 0.462. The number of unbranched alkanes of at least 4 members (excludes halogenated alkanes) is 12. The number of fused-ring (bicyclic) bond motifs is 6. The molecule has 0 atom stereocenters. The van der Waals surface area contributed by atoms with Crippen molar-refractivity contribution in [2.24, 2.45) is 0 Å². The molecular weight excluding hydrogens is 665 g/mol. The van der Waals surface area contributed by atoms with E-state index in [9.17, 15) is 10.2 Å². The third kappa shape index (κ3) is 11.3. The van der Waals surface area contributed by atoms with Crippen molar-refractivity contribution in [2.45, 2.75) is 150 Å². The number of aromatic hydroxyl groups is 2. The van der Waals surface area contributed by atoms with Crippen molar-refractivity contribution in [3.8, 4) is 11.5 Å². The summed E-state index contributed by atoms with van der Waals surface area (Å²) in [5.74, 6) is 5.06. The van der Waals surface area contributed by atoms with E-state index in [4.69, 9.17) is 0 Å². The third-order valence-electron chi connectivity index (χ3n) is 9.17. The molecular formula is C42H60O2S4. The van der Waals surface area contributed by atoms with Crippen molar-refractivity contribution >= 4 is 79.4 Å². The van der Waals surface area contributed by atoms with Crippen LogP contribution in [0.2, 0.25) is 0 Å². The van der Waals surface area contributed by atoms with E-state index < -0.39 is 0 Å². The van der Waals surface area contributed by atoms with Crippen LogP contribution in [0.15, 0.2) is 56.0 Å². The topological polar surface area (TPSA) is 40.5 Å². The van der Waals surface area contributed by atoms with Gasteiger partial charge in [-0.3, -0.25) is 0 Å². The standard InChI is InChI=1S/C42H60O2S4/c1-5-9-13-17-21-45-39-27-33-31(25-37(39)43)35-29-41(47-23-19-15-11-7-3)42(48-24-20-16-12-8-4)30-36(35)32-26-38(44)40(28-34(32)33)46-22-18-14-10-6-2/h25-30,43-44H,5-24H2,1-4H3. The molecule has 4 rings (SSSR count). The Morgan fingerprint density at radius 1 is 0.333 bits per heavy atom. The van der Waals surface area contributed by atoms with Gasteiger partial charge in [0, 0.05) is 19.6 Å². The van der Waals surface area contributed by atoms with Gasteiger partial charge in [-0.2, -0.15) is 0 Å². The molecule has 4 aromatic carbocycles. The van der Waals surface area contributed by atoms with E-state index in [2.05, 4.69) is 52.0 Å². The Morgan fingerprint density at radius 3 is 0.875 bits per heavy atom. The summed E-state index contributed by atoms with van der Waals surface area (Å²) in [6.45, 7) is 9.05. The van der Waals surface area contributed by atoms with Crippen LogP contribution in [0, 0.1) is 0 Å². The fourth-order valence-corrected chi connectivity index (χ4v) is 10.6. The summed E-state index contributed by atoms with van der Waals surface area (Å²) in [6, 6.07) is 13.3. The van der Waals surface area contributed by atoms with Gasteiger partial charge in [0.25, 0.3) is 0 Å². The Hall–Kier alpha value is -1.34. The number of hydrogen-bond donors (Lipinski definition) is 2. The van der Waals surface area contributed by atoms with Gasteiger partial charge < -0.3 is 10.2 Å². The molecule has 4 aromatic rings. The van der Waals surface area contributed by atoms with Crippen LogP contribution in [0.3, 0.4) is 0 Å². The Morgan fingerprint density at radius 2 is 0.583 bits per heavy atom. The average Bonchev–Trinajstić information content (AvgIpc) is 3.08. The molecule has 0 bridgehead atoms. The first-order valence-corrected chi connectivity index (χ1v) is 22.9. The van der Waals surface area contributed by atoms with Gasteiger partial charge in [-0.1, -0.05) is 105 Å². The molecule has 48 heavy (non-hydrogen) atoms. The zero-order chi connectivity index (χ0) is 34.1. The van der Waals surface area contributed by atoms with Crippen LogP contribution in [-0.2, 0) is 0 Å². The van der Waals surface area contributed by atoms with E-state index in [0.717, 1.165) is 43.6 Å². The summed E-state index contributed by atoms with van der Waals surface area (Å²) < 4.78 is 0. The second kappa shape index (κ2) is 21.8. The molecule has 0 spiro atoms. The van der Waals surface area contributed by atoms with E-state index >= 15 is 0 Å². The average molecular weight is 725 g/mol. The highest BCUT2D eigenvalue weighted by Gasteiger charge is 2.18. The first-order valence-electron chi connectivity index (χ1n) is 19.0. The lowest BCUT2D eigenvalue weighted by Gasteiger charge is -2.18. The summed E-state index contributed by atoms with van der Waals surface area (Å²) in [5, 5.41) is 29.7. The molecule has 0 amide bonds. The lowest BCUT2D eigenvalue weighted by atomic mass is 9.94. The number of benzene rings is 4. The van der Waals surface area contributed by atoms with Crippen molar-refractivity contribution in [1.82, 2.24) is 0 Å². The molecule has 0 aliphatic heterocycles. The summed E-state index contributed by atoms with van der Waals surface area (Å²) >= 11 is 7.56. The Bertz CT molecular complexity index is 1430. The van der Waals surface area contributed by atoms with Gasteiger partial charge in [0.15, 0.2) is 0 Å². The summed E-state index contributed by atoms with van der Waals surface area (Å²) in [4.78, 5) is 4.65. The van der Waals surface area contributed by atoms with Crippen LogP contribution in [0.4, 0.5) is 0 Å². The summed E-state index contributed by atoms with van der Waals surface area (Å²) in [6.07, 6.45) is 20.0. The molecule has 0 fully saturated rings. The smallest absolute Gasteiger partial charge is 0.129 e. The Kier molecular flexibility index (Phi) is 17.9. The van der Waals surface area contributed by atoms with Crippen LogP contribution >= 0.6 is 47.0 Å². The van der Waals surface area contributed by atoms with Crippen LogP contribution in [0.1, 0.15) is 130 Å². The molecule has 0 aliphatic carbocycles. The predicted molar refractivity (Wildman–Crippen MR) is 222 cm³/mol. The molecule has 0 radical (unpaired) electrons. The highest BCUT2D eigenvalue weighted by molar-refractivity contribution is 8.02. The van der Waals surface area contributed by atoms with Crippen LogP contribution in [-0.4, -0.2) is 33.2 Å². The minimum atomic E-state index is 0.385. The summed E-state index contributed by atoms with van der Waals surface area (Å²) in [5.41, 5.74) is 0. The lowest BCUT2D eigenvalue weighted by Crippen LogP contribution is -1.91. The summed E-state index contributed by atoms with van der Waals surface area (Å²) in [7, 11) is 0. The first-order chi connectivity index (χ1) is 23.5. The van der Waals surface area contributed by atoms with Crippen LogP contribution in [0.5, 0.6) is 11.5 Å². The van der Waals surface area contributed by atoms with E-state index in [1.54, 1.807) is 23.5 Å². The van der Waals surface area contributed by atoms with Crippen molar-refractivity contribution in [3.63, 3.8) is 0 Å². The van der Waals surface area contributed by atoms with Gasteiger partial charge in [-0.15, -0.1) is 47.0 Å². The van der Waals surface area contributed by atoms with Gasteiger partial charge in [0.1, 0.15) is 11.5 Å². The zero-order valence-electron chi connectivity index (χ0n) is 30.1. The molecule has 0 aromatic heterocycles. The van der Waals surface area contributed by atoms with Gasteiger partial charge >= 0.3 is 0 Å². The van der Waals surface area contributed by atoms with E-state index in [1.807, 2.05) is 35.7 Å². The number of rotatable bonds is 24. The Labute approximate surface area is 308 Å². The van der Waals surface area contributed by atoms with Crippen LogP contribution in [0.25, 0.3) is 32.3 Å². The van der Waals surface area contributed by atoms with Gasteiger partial charge in [-0.25, -0.2) is 0 Å². The fraction of sp³-hybridized carbons (Fsp3) is 0.571. The number of phenolic OH excluding ortho intramolecular Hbond substituents is 2. The Balaban J connectivity index is 1.83. The molecule has 2 nitrogen and oxygen atoms in total. The third-order valence-corrected chi connectivity index (χ3v) is 13.8. The van der Waals surface area contributed by atoms with E-state index in [-0.39, 0.29) is 0 Å². The molecule has 0 heterocycles. The number of thioether (sulfide) groups is 4. The van der Waals surface area contributed by atoms with E-state index in [0.29, 0.717) is 11.5 Å². The van der Waals surface area contributed by atoms with Crippen molar-refractivity contribution in [1.29, 1.82) is 0 Å². The maximum atomic E-state index is 11.4. The highest BCUT2D eigenvalue weighted by atomic mass is 32.2. The maximum absolute atomic E-state index is 11.4. The SMILES string of the molecule is CCCCCCSc1cc2c(cc1O)c1cc(SCCCCCC)c(SCCCCCC)cc1c1cc(O)c(SCCCCCC)cc12. The molecule has 264 valence electrons. The molecule has 0 saturated carbocycles. The number of hydrogen-bond acceptors (Lipinski definition) is 6. The minimum absolute atomic E-state index is 0.385. The largest absolute Gasteiger partial charge is 0.507 e. The molecule has 0 unspecified atom stereocenters. The minimum Gasteiger partial charge on any atom is -0.507 e. The molecule has 6 heteroatoms. The zero-order valence-corrected chi connectivity index (χ0v) is 33.4. The number of phenols is 2. The molecule has 0 aliphatic rings. The molecule has 2 N–H and O–H groups in total. The van der Waals surface area contributed by atoms with Gasteiger partial charge in [0.2, 0.25) is 0 Å². The fourth-order valence-electron chi connectivity index (χ4n) is 6.33. The van der Waals surface area contributed by atoms with Gasteiger partial charge in [-0.05, 0) is 117 Å². The van der Waals surface area contributed by atoms with Crippen molar-refractivity contribution in [3.05, 3.63) is 36.4 Å². The quantitative estimate of drug-likeness (QED) is 0.0426. The normalized spacial score (nSPS) is 11.8. The highest BCUT2D eigenvalue weighted by Crippen LogP contribution is 2.47. The van der Waals surface area contributed by atoms with E-state index in [1.165, 1.54) is 134 Å². The second-order valence-corrected chi connectivity index (χ2v) is 17.8. The first kappa shape index (κ1) is 39.4. The van der Waals surface area contributed by atoms with Crippen molar-refractivity contribution in [2.75, 3.05) is 23.0 Å². The second-order valence-electron chi connectivity index (χ2n) is 13.2. The molecule has 0 saturated heterocycles. The van der Waals surface area contributed by atoms with Crippen LogP contribution < -0.4 is 0 Å².